The number of hydrogen-bond donors (Lipinski definition) is 2. The first-order valence-corrected chi connectivity index (χ1v) is 5.91. The van der Waals surface area contributed by atoms with Gasteiger partial charge in [-0.2, -0.15) is 0 Å². The molecular weight excluding hydrogens is 242 g/mol. The molecule has 1 aliphatic rings. The second kappa shape index (κ2) is 5.39. The molecule has 5 nitrogen and oxygen atoms in total. The molecular formula is C14H15N3O2. The van der Waals surface area contributed by atoms with Gasteiger partial charge in [-0.05, 0) is 35.8 Å². The van der Waals surface area contributed by atoms with Gasteiger partial charge < -0.3 is 16.0 Å². The third-order valence-corrected chi connectivity index (χ3v) is 2.91. The van der Waals surface area contributed by atoms with E-state index in [2.05, 4.69) is 11.9 Å². The van der Waals surface area contributed by atoms with Gasteiger partial charge in [0.15, 0.2) is 0 Å². The van der Waals surface area contributed by atoms with E-state index in [4.69, 9.17) is 5.73 Å². The van der Waals surface area contributed by atoms with Crippen LogP contribution in [0.5, 0.6) is 0 Å². The molecule has 1 aromatic carbocycles. The highest BCUT2D eigenvalue weighted by molar-refractivity contribution is 5.90. The Labute approximate surface area is 111 Å². The third-order valence-electron chi connectivity index (χ3n) is 2.91. The molecule has 3 N–H and O–H groups in total. The molecule has 1 aliphatic heterocycles. The van der Waals surface area contributed by atoms with Crippen LogP contribution in [0.15, 0.2) is 43.1 Å². The summed E-state index contributed by atoms with van der Waals surface area (Å²) in [6.45, 7) is 4.14. The first kappa shape index (κ1) is 12.9. The zero-order chi connectivity index (χ0) is 13.8. The zero-order valence-electron chi connectivity index (χ0n) is 10.4. The second-order valence-electron chi connectivity index (χ2n) is 4.21. The number of amides is 3. The summed E-state index contributed by atoms with van der Waals surface area (Å²) >= 11 is 0. The Balaban J connectivity index is 2.13. The maximum absolute atomic E-state index is 11.5. The van der Waals surface area contributed by atoms with Crippen molar-refractivity contribution in [3.8, 4) is 0 Å². The maximum Gasteiger partial charge on any atom is 0.316 e. The predicted octanol–water partition coefficient (Wildman–Crippen LogP) is 1.94. The Hall–Kier alpha value is -2.56. The lowest BCUT2D eigenvalue weighted by Crippen LogP contribution is -2.20. The van der Waals surface area contributed by atoms with Gasteiger partial charge in [0.1, 0.15) is 0 Å². The molecule has 3 amide bonds. The van der Waals surface area contributed by atoms with Crippen LogP contribution in [0.1, 0.15) is 12.0 Å². The topological polar surface area (TPSA) is 75.4 Å². The van der Waals surface area contributed by atoms with Crippen LogP contribution in [0.4, 0.5) is 10.5 Å². The van der Waals surface area contributed by atoms with E-state index in [1.165, 1.54) is 6.08 Å². The average Bonchev–Trinajstić information content (AvgIpc) is 2.87. The highest BCUT2D eigenvalue weighted by atomic mass is 16.2. The van der Waals surface area contributed by atoms with Crippen molar-refractivity contribution in [1.29, 1.82) is 0 Å². The lowest BCUT2D eigenvalue weighted by molar-refractivity contribution is -0.123. The maximum atomic E-state index is 11.5. The Kier molecular flexibility index (Phi) is 3.66. The monoisotopic (exact) mass is 257 g/mol. The molecule has 0 aromatic heterocycles. The lowest BCUT2D eigenvalue weighted by Gasteiger charge is -2.08. The summed E-state index contributed by atoms with van der Waals surface area (Å²) in [5, 5.41) is 2.50. The Morgan fingerprint density at radius 2 is 2.00 bits per heavy atom. The van der Waals surface area contributed by atoms with Gasteiger partial charge in [0, 0.05) is 18.4 Å². The van der Waals surface area contributed by atoms with Crippen LogP contribution in [-0.4, -0.2) is 23.4 Å². The molecule has 0 aliphatic carbocycles. The van der Waals surface area contributed by atoms with E-state index in [0.717, 1.165) is 17.6 Å². The van der Waals surface area contributed by atoms with Crippen molar-refractivity contribution in [1.82, 2.24) is 4.90 Å². The summed E-state index contributed by atoms with van der Waals surface area (Å²) in [6.07, 6.45) is 3.95. The van der Waals surface area contributed by atoms with Gasteiger partial charge in [-0.15, -0.1) is 0 Å². The lowest BCUT2D eigenvalue weighted by atomic mass is 10.1. The van der Waals surface area contributed by atoms with Crippen molar-refractivity contribution in [2.45, 2.75) is 6.42 Å². The molecule has 0 fully saturated rings. The number of nitrogens with two attached hydrogens (primary N) is 1. The molecule has 98 valence electrons. The largest absolute Gasteiger partial charge is 0.351 e. The van der Waals surface area contributed by atoms with Crippen LogP contribution in [-0.2, 0) is 4.79 Å². The molecule has 0 atom stereocenters. The van der Waals surface area contributed by atoms with Crippen LogP contribution < -0.4 is 11.1 Å². The molecule has 0 spiro atoms. The summed E-state index contributed by atoms with van der Waals surface area (Å²) in [5.74, 6) is -0.0954. The van der Waals surface area contributed by atoms with Gasteiger partial charge in [0.2, 0.25) is 5.91 Å². The minimum absolute atomic E-state index is 0.0954. The molecule has 0 saturated carbocycles. The first-order valence-electron chi connectivity index (χ1n) is 5.91. The van der Waals surface area contributed by atoms with E-state index in [1.54, 1.807) is 17.0 Å². The molecule has 0 bridgehead atoms. The number of hydrogen-bond acceptors (Lipinski definition) is 2. The van der Waals surface area contributed by atoms with Crippen LogP contribution >= 0.6 is 0 Å². The van der Waals surface area contributed by atoms with Crippen molar-refractivity contribution in [2.75, 3.05) is 11.9 Å². The quantitative estimate of drug-likeness (QED) is 0.812. The fourth-order valence-corrected chi connectivity index (χ4v) is 1.98. The number of benzene rings is 1. The Bertz CT molecular complexity index is 546. The highest BCUT2D eigenvalue weighted by Crippen LogP contribution is 2.26. The minimum atomic E-state index is -0.587. The Morgan fingerprint density at radius 1 is 1.32 bits per heavy atom. The summed E-state index contributed by atoms with van der Waals surface area (Å²) in [4.78, 5) is 23.8. The van der Waals surface area contributed by atoms with E-state index in [0.29, 0.717) is 12.2 Å². The summed E-state index contributed by atoms with van der Waals surface area (Å²) in [6, 6.07) is 6.74. The normalized spacial score (nSPS) is 13.9. The molecule has 19 heavy (non-hydrogen) atoms. The van der Waals surface area contributed by atoms with Gasteiger partial charge in [0.05, 0.1) is 0 Å². The van der Waals surface area contributed by atoms with Crippen molar-refractivity contribution in [2.24, 2.45) is 5.73 Å². The van der Waals surface area contributed by atoms with Crippen LogP contribution in [0.2, 0.25) is 0 Å². The van der Waals surface area contributed by atoms with Gasteiger partial charge in [-0.1, -0.05) is 18.7 Å². The fraction of sp³-hybridized carbons (Fsp3) is 0.143. The molecule has 2 rings (SSSR count). The minimum Gasteiger partial charge on any atom is -0.351 e. The second-order valence-corrected chi connectivity index (χ2v) is 4.21. The van der Waals surface area contributed by atoms with Gasteiger partial charge >= 0.3 is 6.03 Å². The van der Waals surface area contributed by atoms with E-state index in [9.17, 15) is 9.59 Å². The van der Waals surface area contributed by atoms with E-state index in [-0.39, 0.29) is 5.91 Å². The number of rotatable bonds is 3. The summed E-state index contributed by atoms with van der Waals surface area (Å²) in [7, 11) is 0. The van der Waals surface area contributed by atoms with Crippen LogP contribution in [0, 0.1) is 0 Å². The molecule has 0 radical (unpaired) electrons. The summed E-state index contributed by atoms with van der Waals surface area (Å²) in [5.41, 5.74) is 7.79. The number of carbonyl (C=O) groups is 2. The number of primary amides is 1. The average molecular weight is 257 g/mol. The van der Waals surface area contributed by atoms with Gasteiger partial charge in [0.25, 0.3) is 0 Å². The van der Waals surface area contributed by atoms with E-state index >= 15 is 0 Å². The van der Waals surface area contributed by atoms with Crippen LogP contribution in [0.3, 0.4) is 0 Å². The first-order chi connectivity index (χ1) is 9.10. The summed E-state index contributed by atoms with van der Waals surface area (Å²) < 4.78 is 0. The van der Waals surface area contributed by atoms with Crippen LogP contribution in [0.25, 0.3) is 5.57 Å². The number of carbonyl (C=O) groups excluding carboxylic acids is 2. The smallest absolute Gasteiger partial charge is 0.316 e. The Morgan fingerprint density at radius 3 is 2.58 bits per heavy atom. The molecule has 5 heteroatoms. The number of anilines is 1. The van der Waals surface area contributed by atoms with Crippen molar-refractivity contribution >= 4 is 23.2 Å². The van der Waals surface area contributed by atoms with Crippen molar-refractivity contribution < 1.29 is 9.59 Å². The zero-order valence-corrected chi connectivity index (χ0v) is 10.4. The van der Waals surface area contributed by atoms with Gasteiger partial charge in [-0.3, -0.25) is 4.79 Å². The van der Waals surface area contributed by atoms with E-state index in [1.807, 2.05) is 18.3 Å². The molecule has 0 unspecified atom stereocenters. The fourth-order valence-electron chi connectivity index (χ4n) is 1.98. The molecule has 1 heterocycles. The van der Waals surface area contributed by atoms with Crippen molar-refractivity contribution in [3.63, 3.8) is 0 Å². The highest BCUT2D eigenvalue weighted by Gasteiger charge is 2.17. The molecule has 1 aromatic rings. The third kappa shape index (κ3) is 3.01. The number of nitrogens with zero attached hydrogens (tertiary/aromatic N) is 1. The number of urea groups is 1. The number of nitrogens with one attached hydrogen (secondary N) is 1. The SMILES string of the molecule is C=CC(=O)N1C=C(c2ccc(NC(N)=O)cc2)CC1. The van der Waals surface area contributed by atoms with E-state index < -0.39 is 6.03 Å². The standard InChI is InChI=1S/C14H15N3O2/c1-2-13(18)17-8-7-11(9-17)10-3-5-12(6-4-10)16-14(15)19/h2-6,9H,1,7-8H2,(H3,15,16,19). The van der Waals surface area contributed by atoms with Gasteiger partial charge in [-0.25, -0.2) is 4.79 Å². The molecule has 0 saturated heterocycles. The predicted molar refractivity (Wildman–Crippen MR) is 74.2 cm³/mol. The van der Waals surface area contributed by atoms with Crippen molar-refractivity contribution in [3.05, 3.63) is 48.7 Å².